The van der Waals surface area contributed by atoms with Crippen LogP contribution < -0.4 is 26.2 Å². The van der Waals surface area contributed by atoms with Gasteiger partial charge in [0.15, 0.2) is 17.3 Å². The number of H-pyrrole nitrogens is 1. The fourth-order valence-corrected chi connectivity index (χ4v) is 4.27. The van der Waals surface area contributed by atoms with Crippen molar-refractivity contribution in [1.29, 1.82) is 5.41 Å². The summed E-state index contributed by atoms with van der Waals surface area (Å²) in [4.78, 5) is 26.4. The molecule has 36 heavy (non-hydrogen) atoms. The molecule has 0 saturated heterocycles. The molecular weight excluding hydrogens is 491 g/mol. The van der Waals surface area contributed by atoms with Gasteiger partial charge in [-0.15, -0.1) is 16.4 Å². The van der Waals surface area contributed by atoms with Gasteiger partial charge in [0.1, 0.15) is 22.2 Å². The summed E-state index contributed by atoms with van der Waals surface area (Å²) in [5.41, 5.74) is 6.10. The molecule has 0 spiro atoms. The van der Waals surface area contributed by atoms with Gasteiger partial charge < -0.3 is 25.6 Å². The number of nitrogens with one attached hydrogen (secondary N) is 3. The summed E-state index contributed by atoms with van der Waals surface area (Å²) in [5.74, 6) is -1.47. The first kappa shape index (κ1) is 24.5. The molecule has 0 saturated carbocycles. The van der Waals surface area contributed by atoms with Gasteiger partial charge >= 0.3 is 11.7 Å². The van der Waals surface area contributed by atoms with E-state index in [1.54, 1.807) is 24.3 Å². The van der Waals surface area contributed by atoms with Crippen molar-refractivity contribution in [2.24, 2.45) is 5.73 Å². The van der Waals surface area contributed by atoms with Gasteiger partial charge in [0.05, 0.1) is 19.9 Å². The predicted molar refractivity (Wildman–Crippen MR) is 132 cm³/mol. The first-order chi connectivity index (χ1) is 17.2. The van der Waals surface area contributed by atoms with Gasteiger partial charge in [-0.25, -0.2) is 14.0 Å². The third-order valence-electron chi connectivity index (χ3n) is 5.24. The molecule has 0 aliphatic carbocycles. The van der Waals surface area contributed by atoms with Crippen molar-refractivity contribution in [1.82, 2.24) is 14.8 Å². The maximum Gasteiger partial charge on any atom is 0.348 e. The van der Waals surface area contributed by atoms with Crippen molar-refractivity contribution in [3.05, 3.63) is 79.9 Å². The number of amidine groups is 1. The van der Waals surface area contributed by atoms with Gasteiger partial charge in [0.2, 0.25) is 0 Å². The second-order valence-electron chi connectivity index (χ2n) is 7.48. The number of benzene rings is 2. The van der Waals surface area contributed by atoms with Crippen LogP contribution >= 0.6 is 11.3 Å². The zero-order chi connectivity index (χ0) is 26.0. The number of carbonyl (C=O) groups is 1. The Morgan fingerprint density at radius 2 is 2.00 bits per heavy atom. The number of rotatable bonds is 9. The van der Waals surface area contributed by atoms with Crippen LogP contribution in [0.25, 0.3) is 5.69 Å². The van der Waals surface area contributed by atoms with E-state index in [9.17, 15) is 14.7 Å². The van der Waals surface area contributed by atoms with E-state index in [2.05, 4.69) is 15.4 Å². The number of methoxy groups -OCH3 is 2. The molecule has 186 valence electrons. The number of aromatic amines is 1. The second kappa shape index (κ2) is 9.92. The standard InChI is InChI=1S/C23H21FN6O5S/c1-34-15-9-12(10-16-28-23(33)30(29-16)14-7-8-36-20(14)22(31)32)17(24)18(19(15)35-2)27-13-5-3-11(4-6-13)21(25)26/h3-9,27H,10H2,1-2H3,(H3,25,26)(H,31,32)(H,28,29,33). The van der Waals surface area contributed by atoms with Gasteiger partial charge in [-0.3, -0.25) is 10.4 Å². The average Bonchev–Trinajstić information content (AvgIpc) is 3.48. The average molecular weight is 513 g/mol. The third kappa shape index (κ3) is 4.63. The van der Waals surface area contributed by atoms with E-state index in [0.717, 1.165) is 16.0 Å². The molecule has 2 aromatic heterocycles. The number of hydrogen-bond donors (Lipinski definition) is 5. The third-order valence-corrected chi connectivity index (χ3v) is 6.13. The zero-order valence-electron chi connectivity index (χ0n) is 19.1. The van der Waals surface area contributed by atoms with Gasteiger partial charge in [-0.2, -0.15) is 4.68 Å². The molecule has 0 aliphatic heterocycles. The highest BCUT2D eigenvalue weighted by atomic mass is 32.1. The smallest absolute Gasteiger partial charge is 0.348 e. The number of halogens is 1. The summed E-state index contributed by atoms with van der Waals surface area (Å²) in [5, 5.41) is 25.5. The van der Waals surface area contributed by atoms with Crippen LogP contribution in [0.5, 0.6) is 11.5 Å². The molecule has 4 rings (SSSR count). The second-order valence-corrected chi connectivity index (χ2v) is 8.40. The number of hydrogen-bond acceptors (Lipinski definition) is 8. The number of aromatic carboxylic acids is 1. The van der Waals surface area contributed by atoms with E-state index >= 15 is 4.39 Å². The fourth-order valence-electron chi connectivity index (χ4n) is 3.56. The highest BCUT2D eigenvalue weighted by molar-refractivity contribution is 7.12. The first-order valence-corrected chi connectivity index (χ1v) is 11.3. The van der Waals surface area contributed by atoms with E-state index in [1.807, 2.05) is 0 Å². The molecule has 6 N–H and O–H groups in total. The number of nitrogens with zero attached hydrogens (tertiary/aromatic N) is 2. The Bertz CT molecular complexity index is 1510. The van der Waals surface area contributed by atoms with Gasteiger partial charge in [-0.1, -0.05) is 0 Å². The number of ether oxygens (including phenoxy) is 2. The van der Waals surface area contributed by atoms with Crippen LogP contribution in [0.2, 0.25) is 0 Å². The maximum atomic E-state index is 15.7. The lowest BCUT2D eigenvalue weighted by atomic mass is 10.1. The largest absolute Gasteiger partial charge is 0.493 e. The van der Waals surface area contributed by atoms with Crippen LogP contribution in [0.4, 0.5) is 15.8 Å². The van der Waals surface area contributed by atoms with Crippen LogP contribution in [-0.2, 0) is 6.42 Å². The van der Waals surface area contributed by atoms with Crippen molar-refractivity contribution in [2.75, 3.05) is 19.5 Å². The molecule has 4 aromatic rings. The van der Waals surface area contributed by atoms with Crippen molar-refractivity contribution in [3.63, 3.8) is 0 Å². The molecule has 0 atom stereocenters. The summed E-state index contributed by atoms with van der Waals surface area (Å²) in [6.45, 7) is 0. The fraction of sp³-hybridized carbons (Fsp3) is 0.130. The number of thiophene rings is 1. The summed E-state index contributed by atoms with van der Waals surface area (Å²) in [7, 11) is 2.78. The molecule has 0 aliphatic rings. The summed E-state index contributed by atoms with van der Waals surface area (Å²) >= 11 is 0.961. The number of carboxylic acid groups (broad SMARTS) is 1. The van der Waals surface area contributed by atoms with Crippen molar-refractivity contribution in [2.45, 2.75) is 6.42 Å². The number of aromatic nitrogens is 3. The first-order valence-electron chi connectivity index (χ1n) is 10.4. The summed E-state index contributed by atoms with van der Waals surface area (Å²) < 4.78 is 27.4. The minimum Gasteiger partial charge on any atom is -0.493 e. The predicted octanol–water partition coefficient (Wildman–Crippen LogP) is 3.10. The van der Waals surface area contributed by atoms with E-state index in [0.29, 0.717) is 11.3 Å². The van der Waals surface area contributed by atoms with Gasteiger partial charge in [0, 0.05) is 23.2 Å². The van der Waals surface area contributed by atoms with Gasteiger partial charge in [0.25, 0.3) is 0 Å². The Labute approximate surface area is 207 Å². The Kier molecular flexibility index (Phi) is 6.74. The van der Waals surface area contributed by atoms with Crippen LogP contribution in [0, 0.1) is 11.2 Å². The van der Waals surface area contributed by atoms with Crippen LogP contribution in [-0.4, -0.2) is 45.9 Å². The highest BCUT2D eigenvalue weighted by Gasteiger charge is 2.23. The molecule has 0 amide bonds. The summed E-state index contributed by atoms with van der Waals surface area (Å²) in [6.07, 6.45) is -0.126. The maximum absolute atomic E-state index is 15.7. The quantitative estimate of drug-likeness (QED) is 0.168. The van der Waals surface area contributed by atoms with E-state index in [1.165, 1.54) is 31.7 Å². The minimum atomic E-state index is -1.19. The molecular formula is C23H21FN6O5S. The van der Waals surface area contributed by atoms with Crippen LogP contribution in [0.1, 0.15) is 26.6 Å². The topological polar surface area (TPSA) is 168 Å². The Morgan fingerprint density at radius 3 is 2.61 bits per heavy atom. The Balaban J connectivity index is 1.72. The van der Waals surface area contributed by atoms with E-state index in [4.69, 9.17) is 20.6 Å². The van der Waals surface area contributed by atoms with Crippen LogP contribution in [0.15, 0.2) is 46.6 Å². The lowest BCUT2D eigenvalue weighted by Crippen LogP contribution is -2.17. The number of carboxylic acids is 1. The number of nitrogens with two attached hydrogens (primary N) is 1. The minimum absolute atomic E-state index is 0.00444. The molecule has 0 radical (unpaired) electrons. The molecule has 0 bridgehead atoms. The highest BCUT2D eigenvalue weighted by Crippen LogP contribution is 2.41. The molecule has 13 heteroatoms. The molecule has 11 nitrogen and oxygen atoms in total. The lowest BCUT2D eigenvalue weighted by Gasteiger charge is -2.18. The van der Waals surface area contributed by atoms with Gasteiger partial charge in [-0.05, 0) is 41.8 Å². The van der Waals surface area contributed by atoms with Crippen molar-refractivity contribution < 1.29 is 23.8 Å². The lowest BCUT2D eigenvalue weighted by molar-refractivity contribution is 0.0702. The monoisotopic (exact) mass is 512 g/mol. The molecule has 0 unspecified atom stereocenters. The molecule has 0 fully saturated rings. The van der Waals surface area contributed by atoms with Crippen molar-refractivity contribution in [3.8, 4) is 17.2 Å². The van der Waals surface area contributed by atoms with E-state index < -0.39 is 17.5 Å². The number of anilines is 2. The SMILES string of the molecule is COc1cc(Cc2nn(-c3ccsc3C(=O)O)c(=O)[nH]2)c(F)c(Nc2ccc(C(=N)N)cc2)c1OC. The zero-order valence-corrected chi connectivity index (χ0v) is 19.9. The Morgan fingerprint density at radius 1 is 1.28 bits per heavy atom. The summed E-state index contributed by atoms with van der Waals surface area (Å²) in [6, 6.07) is 9.40. The van der Waals surface area contributed by atoms with E-state index in [-0.39, 0.29) is 51.4 Å². The Hall–Kier alpha value is -4.65. The van der Waals surface area contributed by atoms with Crippen LogP contribution in [0.3, 0.4) is 0 Å². The molecule has 2 heterocycles. The normalized spacial score (nSPS) is 10.8. The van der Waals surface area contributed by atoms with Crippen molar-refractivity contribution >= 4 is 34.5 Å². The number of nitrogen functional groups attached to an aromatic ring is 1. The molecule has 2 aromatic carbocycles.